The summed E-state index contributed by atoms with van der Waals surface area (Å²) in [5, 5.41) is 1.80. The molecule has 1 heterocycles. The van der Waals surface area contributed by atoms with Gasteiger partial charge < -0.3 is 10.5 Å². The molecular weight excluding hydrogens is 256 g/mol. The number of nitrogens with two attached hydrogens (primary N) is 1. The number of aryl methyl sites for hydroxylation is 1. The van der Waals surface area contributed by atoms with Crippen LogP contribution in [0.4, 0.5) is 5.69 Å². The number of ether oxygens (including phenoxy) is 1. The molecule has 0 aliphatic rings. The van der Waals surface area contributed by atoms with Gasteiger partial charge in [0.1, 0.15) is 0 Å². The minimum atomic E-state index is 0.664. The summed E-state index contributed by atoms with van der Waals surface area (Å²) >= 11 is 1.35. The zero-order chi connectivity index (χ0) is 13.2. The lowest BCUT2D eigenvalue weighted by Crippen LogP contribution is -1.93. The van der Waals surface area contributed by atoms with Crippen LogP contribution in [0.3, 0.4) is 0 Å². The van der Waals surface area contributed by atoms with Crippen LogP contribution in [0, 0.1) is 0 Å². The molecule has 0 amide bonds. The molecule has 0 atom stereocenters. The van der Waals surface area contributed by atoms with E-state index < -0.39 is 0 Å². The second-order valence-corrected chi connectivity index (χ2v) is 5.05. The van der Waals surface area contributed by atoms with E-state index in [1.807, 2.05) is 42.5 Å². The van der Waals surface area contributed by atoms with Crippen LogP contribution >= 0.6 is 11.5 Å². The number of benzene rings is 2. The Kier molecular flexibility index (Phi) is 3.09. The molecule has 0 bridgehead atoms. The van der Waals surface area contributed by atoms with E-state index in [1.165, 1.54) is 17.1 Å². The third-order valence-electron chi connectivity index (χ3n) is 3.04. The molecule has 3 nitrogen and oxygen atoms in total. The van der Waals surface area contributed by atoms with E-state index in [0.29, 0.717) is 11.4 Å². The molecule has 2 aromatic carbocycles. The lowest BCUT2D eigenvalue weighted by atomic mass is 10.1. The van der Waals surface area contributed by atoms with Crippen molar-refractivity contribution in [1.82, 2.24) is 4.37 Å². The highest BCUT2D eigenvalue weighted by atomic mass is 32.1. The van der Waals surface area contributed by atoms with E-state index in [4.69, 9.17) is 10.5 Å². The minimum Gasteiger partial charge on any atom is -0.442 e. The summed E-state index contributed by atoms with van der Waals surface area (Å²) in [5.41, 5.74) is 8.84. The zero-order valence-electron chi connectivity index (χ0n) is 10.6. The normalized spacial score (nSPS) is 10.8. The number of rotatable bonds is 3. The van der Waals surface area contributed by atoms with Crippen LogP contribution in [-0.4, -0.2) is 4.37 Å². The number of nitrogens with zero attached hydrogens (tertiary/aromatic N) is 1. The lowest BCUT2D eigenvalue weighted by Gasteiger charge is -2.07. The van der Waals surface area contributed by atoms with Crippen LogP contribution in [0.5, 0.6) is 10.8 Å². The molecule has 4 heteroatoms. The Morgan fingerprint density at radius 3 is 2.84 bits per heavy atom. The van der Waals surface area contributed by atoms with Crippen molar-refractivity contribution in [2.24, 2.45) is 0 Å². The van der Waals surface area contributed by atoms with E-state index >= 15 is 0 Å². The first-order chi connectivity index (χ1) is 9.28. The van der Waals surface area contributed by atoms with Crippen LogP contribution in [-0.2, 0) is 6.42 Å². The Labute approximate surface area is 115 Å². The van der Waals surface area contributed by atoms with Crippen LogP contribution in [0.1, 0.15) is 12.5 Å². The van der Waals surface area contributed by atoms with Crippen LogP contribution in [0.25, 0.3) is 10.9 Å². The minimum absolute atomic E-state index is 0.664. The predicted molar refractivity (Wildman–Crippen MR) is 79.9 cm³/mol. The van der Waals surface area contributed by atoms with Gasteiger partial charge in [-0.1, -0.05) is 25.1 Å². The second kappa shape index (κ2) is 4.90. The number of anilines is 1. The van der Waals surface area contributed by atoms with Crippen molar-refractivity contribution in [3.05, 3.63) is 48.0 Å². The summed E-state index contributed by atoms with van der Waals surface area (Å²) in [4.78, 5) is 0. The van der Waals surface area contributed by atoms with Gasteiger partial charge in [-0.05, 0) is 36.2 Å². The van der Waals surface area contributed by atoms with E-state index in [0.717, 1.165) is 22.4 Å². The Balaban J connectivity index is 1.97. The maximum atomic E-state index is 6.02. The van der Waals surface area contributed by atoms with Crippen molar-refractivity contribution in [3.63, 3.8) is 0 Å². The van der Waals surface area contributed by atoms with E-state index in [1.54, 1.807) is 0 Å². The predicted octanol–water partition coefficient (Wildman–Crippen LogP) is 4.23. The molecule has 0 fully saturated rings. The number of aromatic nitrogens is 1. The van der Waals surface area contributed by atoms with E-state index in [-0.39, 0.29) is 0 Å². The molecule has 0 saturated carbocycles. The Bertz CT molecular complexity index is 721. The average Bonchev–Trinajstić information content (AvgIpc) is 2.84. The van der Waals surface area contributed by atoms with Crippen molar-refractivity contribution in [3.8, 4) is 10.8 Å². The molecule has 2 N–H and O–H groups in total. The van der Waals surface area contributed by atoms with Crippen LogP contribution < -0.4 is 10.5 Å². The van der Waals surface area contributed by atoms with Crippen LogP contribution in [0.2, 0.25) is 0 Å². The largest absolute Gasteiger partial charge is 0.442 e. The molecule has 3 rings (SSSR count). The van der Waals surface area contributed by atoms with Gasteiger partial charge in [-0.3, -0.25) is 0 Å². The fraction of sp³-hybridized carbons (Fsp3) is 0.133. The SMILES string of the molecule is CCc1ccc(Oc2snc3ccccc23)c(N)c1. The van der Waals surface area contributed by atoms with Crippen molar-refractivity contribution >= 4 is 28.1 Å². The fourth-order valence-corrected chi connectivity index (χ4v) is 2.69. The van der Waals surface area contributed by atoms with Crippen molar-refractivity contribution in [1.29, 1.82) is 0 Å². The third kappa shape index (κ3) is 2.27. The van der Waals surface area contributed by atoms with Crippen molar-refractivity contribution in [2.75, 3.05) is 5.73 Å². The average molecular weight is 270 g/mol. The van der Waals surface area contributed by atoms with Gasteiger partial charge in [0.05, 0.1) is 16.6 Å². The molecular formula is C15H14N2OS. The molecule has 96 valence electrons. The molecule has 1 aromatic heterocycles. The third-order valence-corrected chi connectivity index (χ3v) is 3.79. The van der Waals surface area contributed by atoms with Gasteiger partial charge in [0, 0.05) is 11.5 Å². The van der Waals surface area contributed by atoms with Gasteiger partial charge in [-0.2, -0.15) is 4.37 Å². The lowest BCUT2D eigenvalue weighted by molar-refractivity contribution is 0.504. The quantitative estimate of drug-likeness (QED) is 0.724. The molecule has 19 heavy (non-hydrogen) atoms. The molecule has 0 spiro atoms. The summed E-state index contributed by atoms with van der Waals surface area (Å²) in [7, 11) is 0. The first-order valence-corrected chi connectivity index (χ1v) is 6.96. The maximum Gasteiger partial charge on any atom is 0.208 e. The van der Waals surface area contributed by atoms with E-state index in [2.05, 4.69) is 11.3 Å². The zero-order valence-corrected chi connectivity index (χ0v) is 11.4. The first kappa shape index (κ1) is 12.0. The molecule has 3 aromatic rings. The Morgan fingerprint density at radius 2 is 2.05 bits per heavy atom. The van der Waals surface area contributed by atoms with Gasteiger partial charge >= 0.3 is 0 Å². The summed E-state index contributed by atoms with van der Waals surface area (Å²) in [6.45, 7) is 2.10. The summed E-state index contributed by atoms with van der Waals surface area (Å²) < 4.78 is 10.2. The number of hydrogen-bond donors (Lipinski definition) is 1. The smallest absolute Gasteiger partial charge is 0.208 e. The number of fused-ring (bicyclic) bond motifs is 1. The molecule has 0 saturated heterocycles. The topological polar surface area (TPSA) is 48.1 Å². The molecule has 0 unspecified atom stereocenters. The Morgan fingerprint density at radius 1 is 1.21 bits per heavy atom. The van der Waals surface area contributed by atoms with Crippen molar-refractivity contribution < 1.29 is 4.74 Å². The molecule has 0 aliphatic heterocycles. The van der Waals surface area contributed by atoms with Gasteiger partial charge in [0.2, 0.25) is 5.06 Å². The highest BCUT2D eigenvalue weighted by Crippen LogP contribution is 2.36. The van der Waals surface area contributed by atoms with Gasteiger partial charge in [-0.25, -0.2) is 0 Å². The highest BCUT2D eigenvalue weighted by Gasteiger charge is 2.09. The van der Waals surface area contributed by atoms with Gasteiger partial charge in [0.25, 0.3) is 0 Å². The van der Waals surface area contributed by atoms with Gasteiger partial charge in [-0.15, -0.1) is 0 Å². The van der Waals surface area contributed by atoms with Crippen molar-refractivity contribution in [2.45, 2.75) is 13.3 Å². The fourth-order valence-electron chi connectivity index (χ4n) is 1.95. The highest BCUT2D eigenvalue weighted by molar-refractivity contribution is 7.09. The summed E-state index contributed by atoms with van der Waals surface area (Å²) in [5.74, 6) is 0.687. The number of nitrogen functional groups attached to an aromatic ring is 1. The standard InChI is InChI=1S/C15H14N2OS/c1-2-10-7-8-14(12(16)9-10)18-15-11-5-3-4-6-13(11)17-19-15/h3-9H,2,16H2,1H3. The Hall–Kier alpha value is -2.07. The second-order valence-electron chi connectivity index (χ2n) is 4.31. The van der Waals surface area contributed by atoms with Crippen LogP contribution in [0.15, 0.2) is 42.5 Å². The van der Waals surface area contributed by atoms with E-state index in [9.17, 15) is 0 Å². The van der Waals surface area contributed by atoms with Gasteiger partial charge in [0.15, 0.2) is 5.75 Å². The molecule has 0 radical (unpaired) electrons. The summed E-state index contributed by atoms with van der Waals surface area (Å²) in [6.07, 6.45) is 0.966. The molecule has 0 aliphatic carbocycles. The maximum absolute atomic E-state index is 6.02. The monoisotopic (exact) mass is 270 g/mol. The summed E-state index contributed by atoms with van der Waals surface area (Å²) in [6, 6.07) is 13.8. The number of hydrogen-bond acceptors (Lipinski definition) is 4. The first-order valence-electron chi connectivity index (χ1n) is 6.18.